The Balaban J connectivity index is 1.66. The molecule has 0 aliphatic carbocycles. The molecule has 0 saturated carbocycles. The lowest BCUT2D eigenvalue weighted by atomic mass is 10.2. The standard InChI is InChI=1S/C25H23Cl2N5/c26-15-17-31(18-16-27)23-13-11-20(12-14-23)19-28-32-24(21-7-3-1-4-8-21)29-30-25(32)22-9-5-2-6-10-22/h1-14,19H,15-18H2/b28-19-. The van der Waals surface area contributed by atoms with Crippen LogP contribution in [0.1, 0.15) is 5.56 Å². The van der Waals surface area contributed by atoms with Crippen molar-refractivity contribution in [2.24, 2.45) is 5.10 Å². The van der Waals surface area contributed by atoms with Crippen molar-refractivity contribution in [2.45, 2.75) is 0 Å². The molecule has 1 aromatic heterocycles. The minimum absolute atomic E-state index is 0.554. The molecule has 0 N–H and O–H groups in total. The van der Waals surface area contributed by atoms with Gasteiger partial charge < -0.3 is 4.90 Å². The second kappa shape index (κ2) is 10.9. The summed E-state index contributed by atoms with van der Waals surface area (Å²) in [4.78, 5) is 2.17. The molecule has 4 rings (SSSR count). The van der Waals surface area contributed by atoms with E-state index in [0.29, 0.717) is 23.4 Å². The topological polar surface area (TPSA) is 46.3 Å². The first kappa shape index (κ1) is 22.1. The van der Waals surface area contributed by atoms with Crippen molar-refractivity contribution in [2.75, 3.05) is 29.7 Å². The van der Waals surface area contributed by atoms with Crippen molar-refractivity contribution in [3.8, 4) is 22.8 Å². The van der Waals surface area contributed by atoms with E-state index in [4.69, 9.17) is 28.3 Å². The van der Waals surface area contributed by atoms with Crippen molar-refractivity contribution in [3.05, 3.63) is 90.5 Å². The van der Waals surface area contributed by atoms with E-state index in [1.54, 1.807) is 4.68 Å². The van der Waals surface area contributed by atoms with Gasteiger partial charge in [-0.15, -0.1) is 33.4 Å². The normalized spacial score (nSPS) is 11.2. The van der Waals surface area contributed by atoms with Crippen LogP contribution in [0, 0.1) is 0 Å². The highest BCUT2D eigenvalue weighted by atomic mass is 35.5. The van der Waals surface area contributed by atoms with Gasteiger partial charge >= 0.3 is 0 Å². The van der Waals surface area contributed by atoms with Crippen LogP contribution in [-0.2, 0) is 0 Å². The molecule has 0 spiro atoms. The summed E-state index contributed by atoms with van der Waals surface area (Å²) in [6.07, 6.45) is 1.82. The molecule has 0 amide bonds. The van der Waals surface area contributed by atoms with Crippen LogP contribution in [0.5, 0.6) is 0 Å². The fourth-order valence-electron chi connectivity index (χ4n) is 3.39. The number of hydrogen-bond donors (Lipinski definition) is 0. The molecule has 0 radical (unpaired) electrons. The summed E-state index contributed by atoms with van der Waals surface area (Å²) in [5, 5.41) is 13.6. The largest absolute Gasteiger partial charge is 0.369 e. The van der Waals surface area contributed by atoms with Gasteiger partial charge in [0.1, 0.15) is 0 Å². The van der Waals surface area contributed by atoms with E-state index in [2.05, 4.69) is 27.2 Å². The Morgan fingerprint density at radius 1 is 0.719 bits per heavy atom. The van der Waals surface area contributed by atoms with Crippen LogP contribution < -0.4 is 4.90 Å². The summed E-state index contributed by atoms with van der Waals surface area (Å²) in [7, 11) is 0. The van der Waals surface area contributed by atoms with Crippen LogP contribution in [0.25, 0.3) is 22.8 Å². The summed E-state index contributed by atoms with van der Waals surface area (Å²) in [6.45, 7) is 1.51. The lowest BCUT2D eigenvalue weighted by molar-refractivity contribution is 0.874. The van der Waals surface area contributed by atoms with Crippen LogP contribution in [-0.4, -0.2) is 45.9 Å². The zero-order valence-electron chi connectivity index (χ0n) is 17.5. The van der Waals surface area contributed by atoms with Gasteiger partial charge in [0.05, 0.1) is 6.21 Å². The molecule has 7 heteroatoms. The first-order chi connectivity index (χ1) is 15.8. The Hall–Kier alpha value is -3.15. The quantitative estimate of drug-likeness (QED) is 0.233. The van der Waals surface area contributed by atoms with Crippen LogP contribution in [0.15, 0.2) is 90.0 Å². The van der Waals surface area contributed by atoms with Crippen LogP contribution >= 0.6 is 23.2 Å². The predicted octanol–water partition coefficient (Wildman–Crippen LogP) is 5.78. The minimum atomic E-state index is 0.554. The molecule has 1 heterocycles. The molecule has 0 fully saturated rings. The van der Waals surface area contributed by atoms with Gasteiger partial charge in [-0.25, -0.2) is 0 Å². The van der Waals surface area contributed by atoms with Crippen molar-refractivity contribution < 1.29 is 0 Å². The molecule has 5 nitrogen and oxygen atoms in total. The van der Waals surface area contributed by atoms with Gasteiger partial charge in [-0.2, -0.15) is 9.78 Å². The van der Waals surface area contributed by atoms with E-state index in [1.807, 2.05) is 79.0 Å². The zero-order valence-corrected chi connectivity index (χ0v) is 19.0. The van der Waals surface area contributed by atoms with Gasteiger partial charge in [-0.3, -0.25) is 0 Å². The summed E-state index contributed by atoms with van der Waals surface area (Å²) < 4.78 is 1.78. The fourth-order valence-corrected chi connectivity index (χ4v) is 3.80. The molecule has 4 aromatic rings. The maximum Gasteiger partial charge on any atom is 0.185 e. The third-order valence-electron chi connectivity index (χ3n) is 4.99. The van der Waals surface area contributed by atoms with E-state index < -0.39 is 0 Å². The number of nitrogens with zero attached hydrogens (tertiary/aromatic N) is 5. The summed E-state index contributed by atoms with van der Waals surface area (Å²) >= 11 is 11.9. The third-order valence-corrected chi connectivity index (χ3v) is 5.33. The Morgan fingerprint density at radius 2 is 1.22 bits per heavy atom. The molecule has 3 aromatic carbocycles. The second-order valence-corrected chi connectivity index (χ2v) is 7.85. The molecule has 0 atom stereocenters. The Kier molecular flexibility index (Phi) is 7.54. The lowest BCUT2D eigenvalue weighted by Crippen LogP contribution is -2.27. The van der Waals surface area contributed by atoms with Gasteiger partial charge in [0, 0.05) is 41.7 Å². The highest BCUT2D eigenvalue weighted by Gasteiger charge is 2.14. The lowest BCUT2D eigenvalue weighted by Gasteiger charge is -2.22. The maximum absolute atomic E-state index is 5.93. The fraction of sp³-hybridized carbons (Fsp3) is 0.160. The molecular weight excluding hydrogens is 441 g/mol. The van der Waals surface area contributed by atoms with E-state index in [0.717, 1.165) is 35.5 Å². The average Bonchev–Trinajstić information content (AvgIpc) is 3.28. The number of alkyl halides is 2. The summed E-state index contributed by atoms with van der Waals surface area (Å²) in [5.74, 6) is 2.48. The molecule has 0 aliphatic rings. The van der Waals surface area contributed by atoms with Crippen molar-refractivity contribution in [1.82, 2.24) is 14.9 Å². The molecule has 0 aliphatic heterocycles. The van der Waals surface area contributed by atoms with Crippen LogP contribution in [0.2, 0.25) is 0 Å². The van der Waals surface area contributed by atoms with E-state index in [9.17, 15) is 0 Å². The Bertz CT molecular complexity index is 1080. The van der Waals surface area contributed by atoms with Crippen molar-refractivity contribution in [1.29, 1.82) is 0 Å². The molecule has 162 valence electrons. The average molecular weight is 464 g/mol. The van der Waals surface area contributed by atoms with E-state index >= 15 is 0 Å². The monoisotopic (exact) mass is 463 g/mol. The Morgan fingerprint density at radius 3 is 1.69 bits per heavy atom. The van der Waals surface area contributed by atoms with Crippen molar-refractivity contribution >= 4 is 35.1 Å². The highest BCUT2D eigenvalue weighted by Crippen LogP contribution is 2.24. The van der Waals surface area contributed by atoms with Gasteiger partial charge in [-0.05, 0) is 17.7 Å². The third kappa shape index (κ3) is 5.18. The predicted molar refractivity (Wildman–Crippen MR) is 134 cm³/mol. The summed E-state index contributed by atoms with van der Waals surface area (Å²) in [6, 6.07) is 28.1. The second-order valence-electron chi connectivity index (χ2n) is 7.09. The minimum Gasteiger partial charge on any atom is -0.369 e. The van der Waals surface area contributed by atoms with Gasteiger partial charge in [0.2, 0.25) is 0 Å². The van der Waals surface area contributed by atoms with E-state index in [1.165, 1.54) is 0 Å². The van der Waals surface area contributed by atoms with Gasteiger partial charge in [-0.1, -0.05) is 72.8 Å². The highest BCUT2D eigenvalue weighted by molar-refractivity contribution is 6.18. The maximum atomic E-state index is 5.93. The smallest absolute Gasteiger partial charge is 0.185 e. The van der Waals surface area contributed by atoms with Crippen LogP contribution in [0.3, 0.4) is 0 Å². The van der Waals surface area contributed by atoms with Gasteiger partial charge in [0.25, 0.3) is 0 Å². The van der Waals surface area contributed by atoms with Crippen LogP contribution in [0.4, 0.5) is 5.69 Å². The number of aromatic nitrogens is 3. The van der Waals surface area contributed by atoms with E-state index in [-0.39, 0.29) is 0 Å². The SMILES string of the molecule is ClCCN(CCCl)c1ccc(/C=N\n2c(-c3ccccc3)nnc2-c2ccccc2)cc1. The Labute approximate surface area is 197 Å². The van der Waals surface area contributed by atoms with Gasteiger partial charge in [0.15, 0.2) is 11.6 Å². The zero-order chi connectivity index (χ0) is 22.2. The number of hydrogen-bond acceptors (Lipinski definition) is 4. The summed E-state index contributed by atoms with van der Waals surface area (Å²) in [5.41, 5.74) is 3.96. The van der Waals surface area contributed by atoms with Crippen molar-refractivity contribution in [3.63, 3.8) is 0 Å². The first-order valence-corrected chi connectivity index (χ1v) is 11.4. The molecule has 0 bridgehead atoms. The molecule has 0 unspecified atom stereocenters. The number of benzene rings is 3. The molecule has 32 heavy (non-hydrogen) atoms. The number of rotatable bonds is 9. The number of anilines is 1. The molecular formula is C25H23Cl2N5. The molecule has 0 saturated heterocycles. The first-order valence-electron chi connectivity index (χ1n) is 10.4. The number of halogens is 2.